The van der Waals surface area contributed by atoms with E-state index in [-0.39, 0.29) is 12.6 Å². The molecule has 1 aromatic heterocycles. The van der Waals surface area contributed by atoms with Crippen LogP contribution in [-0.4, -0.2) is 33.1 Å². The maximum absolute atomic E-state index is 12.2. The SMILES string of the molecule is CCC(O)(CC)CNC(=O)Nc1c(C)nn(-c2ccccc2)c1C. The van der Waals surface area contributed by atoms with Gasteiger partial charge in [0.05, 0.1) is 28.4 Å². The standard InChI is InChI=1S/C18H26N4O2/c1-5-18(24,6-2)12-19-17(23)20-16-13(3)21-22(14(16)4)15-10-8-7-9-11-15/h7-11,24H,5-6,12H2,1-4H3,(H2,19,20,23). The molecule has 6 heteroatoms. The van der Waals surface area contributed by atoms with E-state index < -0.39 is 5.60 Å². The summed E-state index contributed by atoms with van der Waals surface area (Å²) in [6, 6.07) is 9.43. The van der Waals surface area contributed by atoms with Gasteiger partial charge in [-0.05, 0) is 38.8 Å². The lowest BCUT2D eigenvalue weighted by molar-refractivity contribution is 0.0354. The number of carbonyl (C=O) groups excluding carboxylic acids is 1. The fourth-order valence-corrected chi connectivity index (χ4v) is 2.55. The first-order valence-electron chi connectivity index (χ1n) is 8.29. The second-order valence-corrected chi connectivity index (χ2v) is 6.03. The van der Waals surface area contributed by atoms with Crippen LogP contribution in [0.1, 0.15) is 38.1 Å². The van der Waals surface area contributed by atoms with Crippen LogP contribution in [0.2, 0.25) is 0 Å². The van der Waals surface area contributed by atoms with Gasteiger partial charge in [0.15, 0.2) is 0 Å². The molecule has 0 fully saturated rings. The number of urea groups is 1. The number of amides is 2. The Hall–Kier alpha value is -2.34. The summed E-state index contributed by atoms with van der Waals surface area (Å²) in [7, 11) is 0. The highest BCUT2D eigenvalue weighted by Crippen LogP contribution is 2.22. The molecule has 0 saturated heterocycles. The predicted octanol–water partition coefficient (Wildman–Crippen LogP) is 3.16. The van der Waals surface area contributed by atoms with E-state index in [9.17, 15) is 9.90 Å². The second kappa shape index (κ2) is 7.49. The topological polar surface area (TPSA) is 79.2 Å². The van der Waals surface area contributed by atoms with Gasteiger partial charge in [-0.1, -0.05) is 32.0 Å². The summed E-state index contributed by atoms with van der Waals surface area (Å²) < 4.78 is 1.80. The van der Waals surface area contributed by atoms with Crippen molar-refractivity contribution in [3.05, 3.63) is 41.7 Å². The number of hydrogen-bond donors (Lipinski definition) is 3. The number of nitrogens with zero attached hydrogens (tertiary/aromatic N) is 2. The molecule has 1 heterocycles. The largest absolute Gasteiger partial charge is 0.388 e. The Morgan fingerprint density at radius 3 is 2.42 bits per heavy atom. The lowest BCUT2D eigenvalue weighted by Crippen LogP contribution is -2.43. The van der Waals surface area contributed by atoms with E-state index in [0.717, 1.165) is 17.1 Å². The van der Waals surface area contributed by atoms with Gasteiger partial charge >= 0.3 is 6.03 Å². The number of rotatable bonds is 6. The third kappa shape index (κ3) is 3.94. The highest BCUT2D eigenvalue weighted by atomic mass is 16.3. The molecule has 2 amide bonds. The minimum absolute atomic E-state index is 0.219. The first-order chi connectivity index (χ1) is 11.4. The second-order valence-electron chi connectivity index (χ2n) is 6.03. The summed E-state index contributed by atoms with van der Waals surface area (Å²) in [6.07, 6.45) is 1.18. The molecule has 2 aromatic rings. The van der Waals surface area contributed by atoms with Gasteiger partial charge in [-0.2, -0.15) is 5.10 Å². The van der Waals surface area contributed by atoms with Crippen LogP contribution in [0.3, 0.4) is 0 Å². The molecule has 0 bridgehead atoms. The smallest absolute Gasteiger partial charge is 0.319 e. The van der Waals surface area contributed by atoms with E-state index in [1.807, 2.05) is 58.0 Å². The molecule has 0 atom stereocenters. The minimum Gasteiger partial charge on any atom is -0.388 e. The molecule has 0 aliphatic rings. The van der Waals surface area contributed by atoms with Gasteiger partial charge in [0.2, 0.25) is 0 Å². The lowest BCUT2D eigenvalue weighted by Gasteiger charge is -2.25. The lowest BCUT2D eigenvalue weighted by atomic mass is 9.98. The average Bonchev–Trinajstić information content (AvgIpc) is 2.88. The van der Waals surface area contributed by atoms with E-state index in [0.29, 0.717) is 18.5 Å². The van der Waals surface area contributed by atoms with Crippen LogP contribution in [-0.2, 0) is 0 Å². The number of carbonyl (C=O) groups is 1. The van der Waals surface area contributed by atoms with Crippen LogP contribution in [0.25, 0.3) is 5.69 Å². The monoisotopic (exact) mass is 330 g/mol. The molecule has 0 aliphatic carbocycles. The summed E-state index contributed by atoms with van der Waals surface area (Å²) in [5.41, 5.74) is 2.36. The van der Waals surface area contributed by atoms with E-state index >= 15 is 0 Å². The molecule has 0 unspecified atom stereocenters. The zero-order valence-electron chi connectivity index (χ0n) is 14.8. The van der Waals surface area contributed by atoms with Crippen molar-refractivity contribution in [3.8, 4) is 5.69 Å². The Bertz CT molecular complexity index is 691. The van der Waals surface area contributed by atoms with Gasteiger partial charge in [0, 0.05) is 6.54 Å². The van der Waals surface area contributed by atoms with Crippen molar-refractivity contribution < 1.29 is 9.90 Å². The summed E-state index contributed by atoms with van der Waals surface area (Å²) >= 11 is 0. The Labute approximate surface area is 142 Å². The zero-order chi connectivity index (χ0) is 17.7. The predicted molar refractivity (Wildman–Crippen MR) is 95.6 cm³/mol. The molecule has 130 valence electrons. The van der Waals surface area contributed by atoms with Crippen LogP contribution in [0.5, 0.6) is 0 Å². The number of benzene rings is 1. The third-order valence-electron chi connectivity index (χ3n) is 4.42. The van der Waals surface area contributed by atoms with Crippen molar-refractivity contribution in [3.63, 3.8) is 0 Å². The van der Waals surface area contributed by atoms with Crippen molar-refractivity contribution in [2.75, 3.05) is 11.9 Å². The Morgan fingerprint density at radius 2 is 1.83 bits per heavy atom. The molecule has 0 radical (unpaired) electrons. The molecule has 1 aromatic carbocycles. The fraction of sp³-hybridized carbons (Fsp3) is 0.444. The molecule has 6 nitrogen and oxygen atoms in total. The Balaban J connectivity index is 2.11. The number of anilines is 1. The molecular formula is C18H26N4O2. The van der Waals surface area contributed by atoms with E-state index in [4.69, 9.17) is 0 Å². The maximum atomic E-state index is 12.2. The number of nitrogens with one attached hydrogen (secondary N) is 2. The van der Waals surface area contributed by atoms with Crippen molar-refractivity contribution in [2.45, 2.75) is 46.1 Å². The number of aliphatic hydroxyl groups is 1. The van der Waals surface area contributed by atoms with E-state index in [1.165, 1.54) is 0 Å². The fourth-order valence-electron chi connectivity index (χ4n) is 2.55. The van der Waals surface area contributed by atoms with Crippen LogP contribution in [0, 0.1) is 13.8 Å². The Morgan fingerprint density at radius 1 is 1.21 bits per heavy atom. The number of para-hydroxylation sites is 1. The third-order valence-corrected chi connectivity index (χ3v) is 4.42. The van der Waals surface area contributed by atoms with Crippen molar-refractivity contribution in [2.24, 2.45) is 0 Å². The molecule has 24 heavy (non-hydrogen) atoms. The first kappa shape index (κ1) is 18.0. The number of aromatic nitrogens is 2. The molecule has 0 spiro atoms. The van der Waals surface area contributed by atoms with Crippen LogP contribution in [0.15, 0.2) is 30.3 Å². The van der Waals surface area contributed by atoms with Crippen LogP contribution in [0.4, 0.5) is 10.5 Å². The molecule has 2 rings (SSSR count). The van der Waals surface area contributed by atoms with Gasteiger partial charge in [-0.3, -0.25) is 0 Å². The van der Waals surface area contributed by atoms with Gasteiger partial charge in [0.25, 0.3) is 0 Å². The zero-order valence-corrected chi connectivity index (χ0v) is 14.8. The summed E-state index contributed by atoms with van der Waals surface area (Å²) in [4.78, 5) is 12.2. The number of aryl methyl sites for hydroxylation is 1. The summed E-state index contributed by atoms with van der Waals surface area (Å²) in [5.74, 6) is 0. The average molecular weight is 330 g/mol. The Kier molecular flexibility index (Phi) is 5.62. The quantitative estimate of drug-likeness (QED) is 0.761. The molecule has 0 aliphatic heterocycles. The van der Waals surface area contributed by atoms with Gasteiger partial charge < -0.3 is 15.7 Å². The summed E-state index contributed by atoms with van der Waals surface area (Å²) in [5, 5.41) is 20.3. The first-order valence-corrected chi connectivity index (χ1v) is 8.29. The van der Waals surface area contributed by atoms with E-state index in [1.54, 1.807) is 4.68 Å². The van der Waals surface area contributed by atoms with Gasteiger partial charge in [-0.15, -0.1) is 0 Å². The highest BCUT2D eigenvalue weighted by molar-refractivity contribution is 5.90. The number of hydrogen-bond acceptors (Lipinski definition) is 3. The minimum atomic E-state index is -0.865. The summed E-state index contributed by atoms with van der Waals surface area (Å²) in [6.45, 7) is 7.80. The van der Waals surface area contributed by atoms with Gasteiger partial charge in [0.1, 0.15) is 0 Å². The molecule has 3 N–H and O–H groups in total. The molecule has 0 saturated carbocycles. The van der Waals surface area contributed by atoms with Crippen molar-refractivity contribution >= 4 is 11.7 Å². The van der Waals surface area contributed by atoms with Crippen molar-refractivity contribution in [1.82, 2.24) is 15.1 Å². The van der Waals surface area contributed by atoms with Crippen molar-refractivity contribution in [1.29, 1.82) is 0 Å². The maximum Gasteiger partial charge on any atom is 0.319 e. The van der Waals surface area contributed by atoms with Gasteiger partial charge in [-0.25, -0.2) is 9.48 Å². The molecular weight excluding hydrogens is 304 g/mol. The van der Waals surface area contributed by atoms with E-state index in [2.05, 4.69) is 15.7 Å². The highest BCUT2D eigenvalue weighted by Gasteiger charge is 2.23. The van der Waals surface area contributed by atoms with Crippen LogP contribution >= 0.6 is 0 Å². The van der Waals surface area contributed by atoms with Crippen LogP contribution < -0.4 is 10.6 Å². The normalized spacial score (nSPS) is 11.4.